The summed E-state index contributed by atoms with van der Waals surface area (Å²) in [7, 11) is 0. The van der Waals surface area contributed by atoms with Crippen LogP contribution in [-0.4, -0.2) is 49.4 Å². The zero-order valence-corrected chi connectivity index (χ0v) is 14.9. The number of likely N-dealkylation sites (tertiary alicyclic amines) is 1. The minimum atomic E-state index is -0.796. The van der Waals surface area contributed by atoms with Gasteiger partial charge in [-0.05, 0) is 42.7 Å². The van der Waals surface area contributed by atoms with E-state index in [2.05, 4.69) is 9.88 Å². The Bertz CT molecular complexity index is 982. The Kier molecular flexibility index (Phi) is 4.63. The maximum Gasteiger partial charge on any atom is 0.326 e. The molecule has 4 N–H and O–H groups in total. The lowest BCUT2D eigenvalue weighted by atomic mass is 10.0. The fourth-order valence-corrected chi connectivity index (χ4v) is 3.96. The summed E-state index contributed by atoms with van der Waals surface area (Å²) in [5, 5.41) is 29.6. The summed E-state index contributed by atoms with van der Waals surface area (Å²) in [5.41, 5.74) is 2.19. The number of aromatic nitrogens is 2. The Balaban J connectivity index is 1.43. The molecule has 27 heavy (non-hydrogen) atoms. The maximum atomic E-state index is 12.4. The van der Waals surface area contributed by atoms with Crippen molar-refractivity contribution in [1.29, 1.82) is 0 Å². The fraction of sp³-hybridized carbons (Fsp3) is 0.350. The first kappa shape index (κ1) is 17.6. The van der Waals surface area contributed by atoms with E-state index in [0.717, 1.165) is 37.0 Å². The van der Waals surface area contributed by atoms with Crippen LogP contribution in [0.1, 0.15) is 30.6 Å². The predicted molar refractivity (Wildman–Crippen MR) is 102 cm³/mol. The lowest BCUT2D eigenvalue weighted by Gasteiger charge is -2.33. The van der Waals surface area contributed by atoms with Crippen LogP contribution < -0.4 is 5.69 Å². The van der Waals surface area contributed by atoms with E-state index in [-0.39, 0.29) is 23.2 Å². The van der Waals surface area contributed by atoms with E-state index < -0.39 is 6.10 Å². The van der Waals surface area contributed by atoms with Crippen LogP contribution in [0.5, 0.6) is 11.5 Å². The van der Waals surface area contributed by atoms with Crippen LogP contribution in [0.3, 0.4) is 0 Å². The SMILES string of the molecule is O=c1[nH]c2ccccc2n1C1CCN(CC(O)c2cc(O)cc(O)c2)CC1. The van der Waals surface area contributed by atoms with Gasteiger partial charge in [-0.3, -0.25) is 4.57 Å². The number of H-pyrrole nitrogens is 1. The minimum Gasteiger partial charge on any atom is -0.508 e. The van der Waals surface area contributed by atoms with E-state index in [1.54, 1.807) is 0 Å². The number of fused-ring (bicyclic) bond motifs is 1. The van der Waals surface area contributed by atoms with E-state index in [4.69, 9.17) is 0 Å². The predicted octanol–water partition coefficient (Wildman–Crippen LogP) is 2.11. The molecule has 4 rings (SSSR count). The van der Waals surface area contributed by atoms with Crippen LogP contribution in [0.15, 0.2) is 47.3 Å². The van der Waals surface area contributed by atoms with Gasteiger partial charge < -0.3 is 25.2 Å². The third kappa shape index (κ3) is 3.56. The standard InChI is InChI=1S/C20H23N3O4/c24-15-9-13(10-16(25)11-15)19(26)12-22-7-5-14(6-8-22)23-18-4-2-1-3-17(18)21-20(23)27/h1-4,9-11,14,19,24-26H,5-8,12H2,(H,21,27). The van der Waals surface area contributed by atoms with Gasteiger partial charge in [-0.2, -0.15) is 0 Å². The second-order valence-corrected chi connectivity index (χ2v) is 7.15. The minimum absolute atomic E-state index is 0.0681. The molecular formula is C20H23N3O4. The van der Waals surface area contributed by atoms with Crippen molar-refractivity contribution in [3.05, 3.63) is 58.5 Å². The second kappa shape index (κ2) is 7.09. The Labute approximate surface area is 156 Å². The number of hydrogen-bond acceptors (Lipinski definition) is 5. The molecule has 0 aliphatic carbocycles. The zero-order valence-electron chi connectivity index (χ0n) is 14.9. The molecule has 2 aromatic carbocycles. The van der Waals surface area contributed by atoms with Gasteiger partial charge in [-0.15, -0.1) is 0 Å². The molecule has 0 saturated carbocycles. The Morgan fingerprint density at radius 2 is 1.74 bits per heavy atom. The van der Waals surface area contributed by atoms with Crippen molar-refractivity contribution in [2.24, 2.45) is 0 Å². The van der Waals surface area contributed by atoms with Crippen molar-refractivity contribution in [3.8, 4) is 11.5 Å². The van der Waals surface area contributed by atoms with Gasteiger partial charge in [0.05, 0.1) is 17.1 Å². The molecule has 1 aliphatic rings. The number of benzene rings is 2. The first-order chi connectivity index (χ1) is 13.0. The number of aliphatic hydroxyl groups excluding tert-OH is 1. The van der Waals surface area contributed by atoms with Crippen LogP contribution in [0.2, 0.25) is 0 Å². The number of imidazole rings is 1. The highest BCUT2D eigenvalue weighted by Gasteiger charge is 2.25. The van der Waals surface area contributed by atoms with Gasteiger partial charge in [-0.1, -0.05) is 12.1 Å². The number of phenolic OH excluding ortho intramolecular Hbond substituents is 2. The summed E-state index contributed by atoms with van der Waals surface area (Å²) in [4.78, 5) is 17.4. The van der Waals surface area contributed by atoms with Gasteiger partial charge in [0.2, 0.25) is 0 Å². The number of β-amino-alcohol motifs (C(OH)–C–C–N with tert-alkyl or cyclic N) is 1. The van der Waals surface area contributed by atoms with Crippen LogP contribution in [0.4, 0.5) is 0 Å². The fourth-order valence-electron chi connectivity index (χ4n) is 3.96. The highest BCUT2D eigenvalue weighted by atomic mass is 16.3. The number of hydrogen-bond donors (Lipinski definition) is 4. The molecule has 3 aromatic rings. The quantitative estimate of drug-likeness (QED) is 0.564. The highest BCUT2D eigenvalue weighted by molar-refractivity contribution is 5.75. The number of nitrogens with one attached hydrogen (secondary N) is 1. The Morgan fingerprint density at radius 3 is 2.44 bits per heavy atom. The summed E-state index contributed by atoms with van der Waals surface area (Å²) in [6.45, 7) is 1.94. The normalized spacial score (nSPS) is 17.4. The lowest BCUT2D eigenvalue weighted by Crippen LogP contribution is -2.39. The zero-order chi connectivity index (χ0) is 19.0. The molecule has 7 nitrogen and oxygen atoms in total. The molecule has 1 aromatic heterocycles. The number of rotatable bonds is 4. The number of para-hydroxylation sites is 2. The molecule has 2 heterocycles. The molecule has 1 unspecified atom stereocenters. The summed E-state index contributed by atoms with van der Waals surface area (Å²) in [6, 6.07) is 12.0. The molecule has 1 aliphatic heterocycles. The van der Waals surface area contributed by atoms with Gasteiger partial charge in [-0.25, -0.2) is 4.79 Å². The van der Waals surface area contributed by atoms with Gasteiger partial charge in [0.15, 0.2) is 0 Å². The number of aromatic hydroxyl groups is 2. The van der Waals surface area contributed by atoms with Crippen LogP contribution in [-0.2, 0) is 0 Å². The van der Waals surface area contributed by atoms with Crippen molar-refractivity contribution >= 4 is 11.0 Å². The molecule has 1 saturated heterocycles. The number of piperidine rings is 1. The van der Waals surface area contributed by atoms with Crippen LogP contribution in [0.25, 0.3) is 11.0 Å². The van der Waals surface area contributed by atoms with Crippen molar-refractivity contribution in [3.63, 3.8) is 0 Å². The molecule has 0 spiro atoms. The second-order valence-electron chi connectivity index (χ2n) is 7.15. The van der Waals surface area contributed by atoms with E-state index in [1.165, 1.54) is 18.2 Å². The number of phenols is 2. The smallest absolute Gasteiger partial charge is 0.326 e. The van der Waals surface area contributed by atoms with Crippen LogP contribution in [0, 0.1) is 0 Å². The van der Waals surface area contributed by atoms with Gasteiger partial charge in [0.1, 0.15) is 11.5 Å². The highest BCUT2D eigenvalue weighted by Crippen LogP contribution is 2.28. The van der Waals surface area contributed by atoms with Gasteiger partial charge in [0.25, 0.3) is 0 Å². The van der Waals surface area contributed by atoms with Crippen LogP contribution >= 0.6 is 0 Å². The number of aromatic amines is 1. The summed E-state index contributed by atoms with van der Waals surface area (Å²) >= 11 is 0. The Morgan fingerprint density at radius 1 is 1.07 bits per heavy atom. The van der Waals surface area contributed by atoms with E-state index in [9.17, 15) is 20.1 Å². The van der Waals surface area contributed by atoms with Gasteiger partial charge >= 0.3 is 5.69 Å². The first-order valence-electron chi connectivity index (χ1n) is 9.14. The average molecular weight is 369 g/mol. The molecule has 142 valence electrons. The van der Waals surface area contributed by atoms with Gasteiger partial charge in [0, 0.05) is 31.7 Å². The van der Waals surface area contributed by atoms with Crippen molar-refractivity contribution in [1.82, 2.24) is 14.5 Å². The van der Waals surface area contributed by atoms with E-state index in [1.807, 2.05) is 28.8 Å². The maximum absolute atomic E-state index is 12.4. The monoisotopic (exact) mass is 369 g/mol. The van der Waals surface area contributed by atoms with E-state index in [0.29, 0.717) is 12.1 Å². The summed E-state index contributed by atoms with van der Waals surface area (Å²) in [6.07, 6.45) is 0.842. The molecule has 7 heteroatoms. The summed E-state index contributed by atoms with van der Waals surface area (Å²) in [5.74, 6) is -0.136. The molecule has 0 amide bonds. The summed E-state index contributed by atoms with van der Waals surface area (Å²) < 4.78 is 1.84. The average Bonchev–Trinajstić information content (AvgIpc) is 2.97. The molecular weight excluding hydrogens is 346 g/mol. The molecule has 1 atom stereocenters. The molecule has 0 radical (unpaired) electrons. The number of nitrogens with zero attached hydrogens (tertiary/aromatic N) is 2. The van der Waals surface area contributed by atoms with E-state index >= 15 is 0 Å². The lowest BCUT2D eigenvalue weighted by molar-refractivity contribution is 0.0904. The van der Waals surface area contributed by atoms with Crippen molar-refractivity contribution < 1.29 is 15.3 Å². The molecule has 0 bridgehead atoms. The third-order valence-electron chi connectivity index (χ3n) is 5.29. The topological polar surface area (TPSA) is 102 Å². The van der Waals surface area contributed by atoms with Crippen molar-refractivity contribution in [2.75, 3.05) is 19.6 Å². The van der Waals surface area contributed by atoms with Crippen molar-refractivity contribution in [2.45, 2.75) is 25.0 Å². The first-order valence-corrected chi connectivity index (χ1v) is 9.14. The Hall–Kier alpha value is -2.77. The largest absolute Gasteiger partial charge is 0.508 e. The molecule has 1 fully saturated rings. The number of aliphatic hydroxyl groups is 1. The third-order valence-corrected chi connectivity index (χ3v) is 5.29.